The molecule has 1 fully saturated rings. The van der Waals surface area contributed by atoms with Gasteiger partial charge < -0.3 is 0 Å². The monoisotopic (exact) mass is 155 g/mol. The Labute approximate surface area is 70.8 Å². The molecule has 1 nitrogen and oxygen atoms in total. The van der Waals surface area contributed by atoms with E-state index in [0.717, 1.165) is 18.0 Å². The summed E-state index contributed by atoms with van der Waals surface area (Å²) in [6.45, 7) is 10.7. The van der Waals surface area contributed by atoms with Crippen LogP contribution in [0.1, 0.15) is 40.5 Å². The van der Waals surface area contributed by atoms with Crippen LogP contribution in [0.3, 0.4) is 0 Å². The standard InChI is InChI=1S/C10H21N/c1-8(2)10(4)11-7-5-6-9(11)3/h8-10H,5-7H2,1-4H3/t9-,10-/m1/s1. The maximum atomic E-state index is 2.64. The lowest BCUT2D eigenvalue weighted by Crippen LogP contribution is -2.38. The first-order valence-corrected chi connectivity index (χ1v) is 4.88. The van der Waals surface area contributed by atoms with Crippen molar-refractivity contribution in [2.75, 3.05) is 6.54 Å². The van der Waals surface area contributed by atoms with Gasteiger partial charge in [-0.2, -0.15) is 0 Å². The molecule has 0 aromatic rings. The molecule has 0 bridgehead atoms. The van der Waals surface area contributed by atoms with Crippen molar-refractivity contribution in [2.24, 2.45) is 5.92 Å². The predicted octanol–water partition coefficient (Wildman–Crippen LogP) is 2.52. The zero-order valence-electron chi connectivity index (χ0n) is 8.30. The molecule has 0 aromatic carbocycles. The molecule has 1 aliphatic rings. The second-order valence-corrected chi connectivity index (χ2v) is 4.21. The molecule has 1 saturated heterocycles. The molecule has 1 rings (SSSR count). The van der Waals surface area contributed by atoms with Gasteiger partial charge >= 0.3 is 0 Å². The van der Waals surface area contributed by atoms with Crippen molar-refractivity contribution in [3.63, 3.8) is 0 Å². The fraction of sp³-hybridized carbons (Fsp3) is 1.00. The Balaban J connectivity index is 2.45. The van der Waals surface area contributed by atoms with Gasteiger partial charge in [0, 0.05) is 12.1 Å². The number of hydrogen-bond donors (Lipinski definition) is 0. The number of nitrogens with zero attached hydrogens (tertiary/aromatic N) is 1. The summed E-state index contributed by atoms with van der Waals surface area (Å²) >= 11 is 0. The number of likely N-dealkylation sites (tertiary alicyclic amines) is 1. The molecule has 0 unspecified atom stereocenters. The summed E-state index contributed by atoms with van der Waals surface area (Å²) in [4.78, 5) is 2.64. The summed E-state index contributed by atoms with van der Waals surface area (Å²) in [5, 5.41) is 0. The zero-order chi connectivity index (χ0) is 8.43. The Morgan fingerprint density at radius 1 is 1.27 bits per heavy atom. The molecule has 0 aliphatic carbocycles. The molecule has 0 amide bonds. The van der Waals surface area contributed by atoms with Crippen molar-refractivity contribution < 1.29 is 0 Å². The molecule has 1 heterocycles. The van der Waals surface area contributed by atoms with E-state index >= 15 is 0 Å². The van der Waals surface area contributed by atoms with E-state index < -0.39 is 0 Å². The highest BCUT2D eigenvalue weighted by atomic mass is 15.2. The van der Waals surface area contributed by atoms with E-state index in [1.807, 2.05) is 0 Å². The van der Waals surface area contributed by atoms with Gasteiger partial charge in [0.05, 0.1) is 0 Å². The van der Waals surface area contributed by atoms with Crippen molar-refractivity contribution in [3.05, 3.63) is 0 Å². The molecule has 0 aromatic heterocycles. The lowest BCUT2D eigenvalue weighted by Gasteiger charge is -2.31. The van der Waals surface area contributed by atoms with Gasteiger partial charge in [0.25, 0.3) is 0 Å². The van der Waals surface area contributed by atoms with Crippen molar-refractivity contribution >= 4 is 0 Å². The predicted molar refractivity (Wildman–Crippen MR) is 49.7 cm³/mol. The quantitative estimate of drug-likeness (QED) is 0.592. The average Bonchev–Trinajstić information content (AvgIpc) is 2.33. The highest BCUT2D eigenvalue weighted by molar-refractivity contribution is 4.81. The Kier molecular flexibility index (Phi) is 2.94. The van der Waals surface area contributed by atoms with E-state index in [0.29, 0.717) is 0 Å². The average molecular weight is 155 g/mol. The molecule has 0 spiro atoms. The summed E-state index contributed by atoms with van der Waals surface area (Å²) in [6.07, 6.45) is 2.80. The SMILES string of the molecule is CC(C)[C@@H](C)N1CCC[C@H]1C. The second-order valence-electron chi connectivity index (χ2n) is 4.21. The highest BCUT2D eigenvalue weighted by Gasteiger charge is 2.26. The fourth-order valence-corrected chi connectivity index (χ4v) is 1.94. The molecule has 1 aliphatic heterocycles. The second kappa shape index (κ2) is 3.57. The van der Waals surface area contributed by atoms with Crippen LogP contribution >= 0.6 is 0 Å². The van der Waals surface area contributed by atoms with Crippen LogP contribution in [0.2, 0.25) is 0 Å². The summed E-state index contributed by atoms with van der Waals surface area (Å²) < 4.78 is 0. The number of hydrogen-bond acceptors (Lipinski definition) is 1. The van der Waals surface area contributed by atoms with E-state index in [1.54, 1.807) is 0 Å². The topological polar surface area (TPSA) is 3.24 Å². The Hall–Kier alpha value is -0.0400. The molecule has 0 radical (unpaired) electrons. The smallest absolute Gasteiger partial charge is 0.00927 e. The molecule has 0 N–H and O–H groups in total. The van der Waals surface area contributed by atoms with E-state index in [9.17, 15) is 0 Å². The summed E-state index contributed by atoms with van der Waals surface area (Å²) in [5.41, 5.74) is 0. The molecule has 66 valence electrons. The third kappa shape index (κ3) is 1.96. The molecule has 1 heteroatoms. The largest absolute Gasteiger partial charge is 0.298 e. The molecule has 2 atom stereocenters. The summed E-state index contributed by atoms with van der Waals surface area (Å²) in [5.74, 6) is 0.801. The van der Waals surface area contributed by atoms with E-state index in [1.165, 1.54) is 19.4 Å². The lowest BCUT2D eigenvalue weighted by atomic mass is 10.0. The summed E-state index contributed by atoms with van der Waals surface area (Å²) in [6, 6.07) is 1.60. The van der Waals surface area contributed by atoms with Crippen molar-refractivity contribution in [3.8, 4) is 0 Å². The third-order valence-electron chi connectivity index (χ3n) is 3.09. The Morgan fingerprint density at radius 2 is 1.91 bits per heavy atom. The van der Waals surface area contributed by atoms with E-state index in [-0.39, 0.29) is 0 Å². The van der Waals surface area contributed by atoms with Gasteiger partial charge in [0.15, 0.2) is 0 Å². The van der Waals surface area contributed by atoms with Crippen LogP contribution in [-0.4, -0.2) is 23.5 Å². The minimum atomic E-state index is 0.771. The highest BCUT2D eigenvalue weighted by Crippen LogP contribution is 2.22. The lowest BCUT2D eigenvalue weighted by molar-refractivity contribution is 0.162. The molecular formula is C10H21N. The Morgan fingerprint density at radius 3 is 2.27 bits per heavy atom. The first-order valence-electron chi connectivity index (χ1n) is 4.88. The first kappa shape index (κ1) is 9.05. The van der Waals surface area contributed by atoms with Crippen LogP contribution < -0.4 is 0 Å². The van der Waals surface area contributed by atoms with Crippen LogP contribution in [0.25, 0.3) is 0 Å². The minimum absolute atomic E-state index is 0.771. The van der Waals surface area contributed by atoms with Gasteiger partial charge in [-0.25, -0.2) is 0 Å². The first-order chi connectivity index (χ1) is 5.13. The van der Waals surface area contributed by atoms with Gasteiger partial charge in [-0.05, 0) is 39.2 Å². The van der Waals surface area contributed by atoms with Gasteiger partial charge in [-0.15, -0.1) is 0 Å². The van der Waals surface area contributed by atoms with Crippen LogP contribution in [0.4, 0.5) is 0 Å². The zero-order valence-corrected chi connectivity index (χ0v) is 8.30. The molecular weight excluding hydrogens is 134 g/mol. The maximum absolute atomic E-state index is 2.64. The van der Waals surface area contributed by atoms with Crippen molar-refractivity contribution in [1.82, 2.24) is 4.90 Å². The van der Waals surface area contributed by atoms with Crippen molar-refractivity contribution in [2.45, 2.75) is 52.6 Å². The summed E-state index contributed by atoms with van der Waals surface area (Å²) in [7, 11) is 0. The van der Waals surface area contributed by atoms with Gasteiger partial charge in [0.2, 0.25) is 0 Å². The number of rotatable bonds is 2. The Bertz CT molecular complexity index is 120. The van der Waals surface area contributed by atoms with E-state index in [2.05, 4.69) is 32.6 Å². The normalized spacial score (nSPS) is 29.7. The fourth-order valence-electron chi connectivity index (χ4n) is 1.94. The maximum Gasteiger partial charge on any atom is 0.00927 e. The third-order valence-corrected chi connectivity index (χ3v) is 3.09. The van der Waals surface area contributed by atoms with Crippen LogP contribution in [0.15, 0.2) is 0 Å². The minimum Gasteiger partial charge on any atom is -0.298 e. The van der Waals surface area contributed by atoms with Crippen molar-refractivity contribution in [1.29, 1.82) is 0 Å². The van der Waals surface area contributed by atoms with E-state index in [4.69, 9.17) is 0 Å². The van der Waals surface area contributed by atoms with Crippen LogP contribution in [0, 0.1) is 5.92 Å². The van der Waals surface area contributed by atoms with Crippen LogP contribution in [-0.2, 0) is 0 Å². The van der Waals surface area contributed by atoms with Gasteiger partial charge in [-0.3, -0.25) is 4.90 Å². The van der Waals surface area contributed by atoms with Crippen LogP contribution in [0.5, 0.6) is 0 Å². The molecule has 0 saturated carbocycles. The van der Waals surface area contributed by atoms with Gasteiger partial charge in [0.1, 0.15) is 0 Å². The van der Waals surface area contributed by atoms with Gasteiger partial charge in [-0.1, -0.05) is 13.8 Å². The molecule has 11 heavy (non-hydrogen) atoms.